The Morgan fingerprint density at radius 2 is 0.773 bits per heavy atom. The minimum Gasteiger partial charge on any atom is -0.547 e. The summed E-state index contributed by atoms with van der Waals surface area (Å²) in [6.45, 7) is -4.53. The summed E-state index contributed by atoms with van der Waals surface area (Å²) >= 11 is 0. The maximum absolute atomic E-state index is 11.2. The van der Waals surface area contributed by atoms with Gasteiger partial charge >= 0.3 is 19.8 Å². The van der Waals surface area contributed by atoms with Crippen molar-refractivity contribution in [1.29, 1.82) is 0 Å². The van der Waals surface area contributed by atoms with Crippen LogP contribution < -0.4 is 15.3 Å². The van der Waals surface area contributed by atoms with Crippen LogP contribution in [0.1, 0.15) is 0 Å². The summed E-state index contributed by atoms with van der Waals surface area (Å²) in [6, 6.07) is 0. The largest absolute Gasteiger partial charge is 3.00 e. The molecule has 0 bridgehead atoms. The minimum absolute atomic E-state index is 0. The van der Waals surface area contributed by atoms with Crippen molar-refractivity contribution < 1.29 is 56.0 Å². The number of aliphatic carboxylic acids is 3. The summed E-state index contributed by atoms with van der Waals surface area (Å²) in [6.07, 6.45) is -7.38. The van der Waals surface area contributed by atoms with Gasteiger partial charge in [-0.05, 0) is 0 Å². The fourth-order valence-electron chi connectivity index (χ4n) is 0.189. The van der Waals surface area contributed by atoms with Crippen LogP contribution in [0, 0.1) is 0 Å². The molecule has 3 unspecified atom stereocenters. The first kappa shape index (κ1) is 28.7. The average molecular weight is 397 g/mol. The first-order chi connectivity index (χ1) is 9.54. The van der Waals surface area contributed by atoms with Crippen molar-refractivity contribution in [2.75, 3.05) is 20.0 Å². The van der Waals surface area contributed by atoms with E-state index < -0.39 is 56.4 Å². The van der Waals surface area contributed by atoms with Crippen molar-refractivity contribution in [2.45, 2.75) is 18.5 Å². The molecule has 0 aliphatic heterocycles. The molecule has 0 aromatic carbocycles. The van der Waals surface area contributed by atoms with E-state index in [1.165, 1.54) is 0 Å². The fourth-order valence-corrected chi connectivity index (χ4v) is 0.189. The molecule has 0 saturated carbocycles. The van der Waals surface area contributed by atoms with Gasteiger partial charge in [0.2, 0.25) is 0 Å². The van der Waals surface area contributed by atoms with Crippen LogP contribution in [0.5, 0.6) is 0 Å². The van der Waals surface area contributed by atoms with Gasteiger partial charge in [-0.15, -0.1) is 0 Å². The molecule has 0 N–H and O–H groups in total. The molecule has 0 amide bonds. The van der Waals surface area contributed by atoms with Gasteiger partial charge in [0.25, 0.3) is 0 Å². The molecule has 0 aliphatic rings. The van der Waals surface area contributed by atoms with Crippen molar-refractivity contribution in [3.8, 4) is 0 Å². The Kier molecular flexibility index (Phi) is 23.1. The molecule has 0 aliphatic carbocycles. The van der Waals surface area contributed by atoms with E-state index in [9.17, 15) is 56.0 Å². The Hall–Kier alpha value is -1.37. The van der Waals surface area contributed by atoms with E-state index in [4.69, 9.17) is 0 Å². The molecule has 126 valence electrons. The smallest absolute Gasteiger partial charge is 0.547 e. The summed E-state index contributed by atoms with van der Waals surface area (Å²) in [7, 11) is 0. The normalized spacial score (nSPS) is 12.8. The van der Waals surface area contributed by atoms with Crippen LogP contribution in [-0.4, -0.2) is 76.2 Å². The predicted molar refractivity (Wildman–Crippen MR) is 53.4 cm³/mol. The molecule has 0 spiro atoms. The molecule has 0 aromatic rings. The maximum atomic E-state index is 11.2. The number of carboxylic acids is 3. The van der Waals surface area contributed by atoms with Gasteiger partial charge in [0, 0.05) is 0 Å². The standard InChI is InChI=1S/3C3H4F2O2.Ga/c3*4-1-2(5)3(6)7;/h3*2H,1H2,(H,6,7);/q;;;+3/p-3. The molecule has 0 heterocycles. The van der Waals surface area contributed by atoms with E-state index in [2.05, 4.69) is 0 Å². The molecule has 0 aromatic heterocycles. The van der Waals surface area contributed by atoms with Gasteiger partial charge in [-0.3, -0.25) is 0 Å². The number of carboxylic acid groups (broad SMARTS) is 3. The third-order valence-electron chi connectivity index (χ3n) is 1.17. The number of hydrogen-bond donors (Lipinski definition) is 0. The SMILES string of the molecule is O=C([O-])C(F)CF.O=C([O-])C(F)CF.O=C([O-])C(F)CF.[Ga+3]. The van der Waals surface area contributed by atoms with E-state index in [0.29, 0.717) is 0 Å². The Morgan fingerprint density at radius 3 is 0.773 bits per heavy atom. The molecular formula is C9H9F6GaO6. The van der Waals surface area contributed by atoms with Crippen LogP contribution in [0.2, 0.25) is 0 Å². The molecule has 0 saturated heterocycles. The first-order valence-corrected chi connectivity index (χ1v) is 4.77. The van der Waals surface area contributed by atoms with Gasteiger partial charge in [0.05, 0.1) is 17.9 Å². The molecule has 0 radical (unpaired) electrons. The number of halogens is 6. The summed E-state index contributed by atoms with van der Waals surface area (Å²) in [5.74, 6) is -5.99. The van der Waals surface area contributed by atoms with Crippen molar-refractivity contribution in [1.82, 2.24) is 0 Å². The van der Waals surface area contributed by atoms with Crippen molar-refractivity contribution in [2.24, 2.45) is 0 Å². The predicted octanol–water partition coefficient (Wildman–Crippen LogP) is -3.25. The van der Waals surface area contributed by atoms with Crippen molar-refractivity contribution in [3.63, 3.8) is 0 Å². The second-order valence-electron chi connectivity index (χ2n) is 2.82. The van der Waals surface area contributed by atoms with E-state index in [-0.39, 0.29) is 19.8 Å². The van der Waals surface area contributed by atoms with E-state index in [1.807, 2.05) is 0 Å². The molecule has 0 fully saturated rings. The van der Waals surface area contributed by atoms with E-state index >= 15 is 0 Å². The monoisotopic (exact) mass is 396 g/mol. The number of rotatable bonds is 6. The number of carbonyl (C=O) groups excluding carboxylic acids is 3. The minimum atomic E-state index is -2.46. The van der Waals surface area contributed by atoms with Crippen LogP contribution in [0.25, 0.3) is 0 Å². The van der Waals surface area contributed by atoms with E-state index in [1.54, 1.807) is 0 Å². The van der Waals surface area contributed by atoms with Crippen LogP contribution >= 0.6 is 0 Å². The fraction of sp³-hybridized carbons (Fsp3) is 0.667. The van der Waals surface area contributed by atoms with Crippen LogP contribution in [0.15, 0.2) is 0 Å². The summed E-state index contributed by atoms with van der Waals surface area (Å²) < 4.78 is 66.2. The van der Waals surface area contributed by atoms with Crippen molar-refractivity contribution >= 4 is 37.7 Å². The number of alkyl halides is 6. The number of hydrogen-bond acceptors (Lipinski definition) is 6. The van der Waals surface area contributed by atoms with Gasteiger partial charge in [-0.2, -0.15) is 0 Å². The maximum Gasteiger partial charge on any atom is 3.00 e. The summed E-state index contributed by atoms with van der Waals surface area (Å²) in [5.41, 5.74) is 0. The zero-order valence-corrected chi connectivity index (χ0v) is 13.1. The van der Waals surface area contributed by atoms with Gasteiger partial charge < -0.3 is 29.7 Å². The second-order valence-corrected chi connectivity index (χ2v) is 2.82. The third-order valence-corrected chi connectivity index (χ3v) is 1.17. The molecule has 3 atom stereocenters. The average Bonchev–Trinajstić information content (AvgIpc) is 2.45. The topological polar surface area (TPSA) is 120 Å². The molecule has 13 heteroatoms. The van der Waals surface area contributed by atoms with Gasteiger partial charge in [0.1, 0.15) is 20.0 Å². The Bertz CT molecular complexity index is 273. The zero-order valence-electron chi connectivity index (χ0n) is 10.6. The van der Waals surface area contributed by atoms with Crippen LogP contribution in [0.4, 0.5) is 26.3 Å². The quantitative estimate of drug-likeness (QED) is 0.343. The Balaban J connectivity index is -0.000000108. The van der Waals surface area contributed by atoms with Crippen LogP contribution in [-0.2, 0) is 14.4 Å². The Morgan fingerprint density at radius 1 is 0.636 bits per heavy atom. The third kappa shape index (κ3) is 20.9. The van der Waals surface area contributed by atoms with Crippen LogP contribution in [0.3, 0.4) is 0 Å². The zero-order chi connectivity index (χ0) is 17.6. The van der Waals surface area contributed by atoms with Crippen molar-refractivity contribution in [3.05, 3.63) is 0 Å². The van der Waals surface area contributed by atoms with E-state index in [0.717, 1.165) is 0 Å². The first-order valence-electron chi connectivity index (χ1n) is 4.77. The Labute approximate surface area is 133 Å². The van der Waals surface area contributed by atoms with Gasteiger partial charge in [-0.1, -0.05) is 0 Å². The summed E-state index contributed by atoms with van der Waals surface area (Å²) in [4.78, 5) is 27.6. The molecule has 22 heavy (non-hydrogen) atoms. The molecular weight excluding hydrogens is 388 g/mol. The molecule has 6 nitrogen and oxygen atoms in total. The van der Waals surface area contributed by atoms with Gasteiger partial charge in [0.15, 0.2) is 18.5 Å². The second kappa shape index (κ2) is 17.7. The summed E-state index contributed by atoms with van der Waals surface area (Å²) in [5, 5.41) is 27.6. The molecule has 0 rings (SSSR count). The number of carbonyl (C=O) groups is 3. The van der Waals surface area contributed by atoms with Gasteiger partial charge in [-0.25, -0.2) is 26.3 Å².